The largest absolute Gasteiger partial charge is 0.481 e. The average molecular weight is 241 g/mol. The van der Waals surface area contributed by atoms with Gasteiger partial charge in [-0.15, -0.1) is 0 Å². The summed E-state index contributed by atoms with van der Waals surface area (Å²) < 4.78 is 0. The first-order valence-electron chi connectivity index (χ1n) is 6.82. The van der Waals surface area contributed by atoms with E-state index in [4.69, 9.17) is 5.11 Å². The molecule has 4 nitrogen and oxygen atoms in total. The molecule has 0 aromatic carbocycles. The van der Waals surface area contributed by atoms with Crippen LogP contribution in [0.1, 0.15) is 51.4 Å². The van der Waals surface area contributed by atoms with Crippen molar-refractivity contribution in [3.05, 3.63) is 0 Å². The lowest BCUT2D eigenvalue weighted by Crippen LogP contribution is -2.44. The molecule has 98 valence electrons. The molecule has 0 aromatic heterocycles. The van der Waals surface area contributed by atoms with Gasteiger partial charge in [-0.25, -0.2) is 0 Å². The maximum absolute atomic E-state index is 11.0. The van der Waals surface area contributed by atoms with Gasteiger partial charge in [-0.05, 0) is 44.9 Å². The van der Waals surface area contributed by atoms with Crippen LogP contribution in [0.3, 0.4) is 0 Å². The van der Waals surface area contributed by atoms with Crippen molar-refractivity contribution in [3.8, 4) is 0 Å². The van der Waals surface area contributed by atoms with E-state index in [9.17, 15) is 9.90 Å². The number of hydrogen-bond acceptors (Lipinski definition) is 3. The third-order valence-electron chi connectivity index (χ3n) is 4.19. The third kappa shape index (κ3) is 3.68. The molecule has 0 amide bonds. The van der Waals surface area contributed by atoms with Gasteiger partial charge >= 0.3 is 5.97 Å². The molecule has 0 saturated heterocycles. The van der Waals surface area contributed by atoms with Gasteiger partial charge in [0, 0.05) is 12.1 Å². The SMILES string of the molecule is O=C(O)C1CCCC(NC2CCC(O)CC2)C1. The molecule has 2 aliphatic carbocycles. The molecule has 2 saturated carbocycles. The van der Waals surface area contributed by atoms with Crippen LogP contribution >= 0.6 is 0 Å². The first-order valence-corrected chi connectivity index (χ1v) is 6.82. The molecule has 0 radical (unpaired) electrons. The second-order valence-corrected chi connectivity index (χ2v) is 5.57. The minimum Gasteiger partial charge on any atom is -0.481 e. The molecule has 2 atom stereocenters. The van der Waals surface area contributed by atoms with Crippen LogP contribution in [0.25, 0.3) is 0 Å². The van der Waals surface area contributed by atoms with Crippen LogP contribution in [0.4, 0.5) is 0 Å². The Kier molecular flexibility index (Phi) is 4.40. The van der Waals surface area contributed by atoms with Gasteiger partial charge in [-0.1, -0.05) is 6.42 Å². The van der Waals surface area contributed by atoms with E-state index in [0.29, 0.717) is 12.1 Å². The van der Waals surface area contributed by atoms with E-state index >= 15 is 0 Å². The number of hydrogen-bond donors (Lipinski definition) is 3. The molecule has 0 bridgehead atoms. The fraction of sp³-hybridized carbons (Fsp3) is 0.923. The maximum Gasteiger partial charge on any atom is 0.306 e. The molecule has 3 N–H and O–H groups in total. The van der Waals surface area contributed by atoms with Crippen molar-refractivity contribution in [1.29, 1.82) is 0 Å². The number of carboxylic acid groups (broad SMARTS) is 1. The van der Waals surface area contributed by atoms with Gasteiger partial charge in [-0.2, -0.15) is 0 Å². The fourth-order valence-corrected chi connectivity index (χ4v) is 3.14. The number of carbonyl (C=O) groups is 1. The van der Waals surface area contributed by atoms with Gasteiger partial charge in [0.2, 0.25) is 0 Å². The Labute approximate surface area is 102 Å². The van der Waals surface area contributed by atoms with Crippen LogP contribution in [-0.2, 0) is 4.79 Å². The molecule has 0 spiro atoms. The van der Waals surface area contributed by atoms with Gasteiger partial charge < -0.3 is 15.5 Å². The van der Waals surface area contributed by atoms with Crippen LogP contribution in [0, 0.1) is 5.92 Å². The van der Waals surface area contributed by atoms with Crippen molar-refractivity contribution in [2.24, 2.45) is 5.92 Å². The molecular weight excluding hydrogens is 218 g/mol. The Morgan fingerprint density at radius 1 is 1.00 bits per heavy atom. The Balaban J connectivity index is 1.76. The van der Waals surface area contributed by atoms with E-state index in [1.54, 1.807) is 0 Å². The Hall–Kier alpha value is -0.610. The number of aliphatic hydroxyl groups is 1. The standard InChI is InChI=1S/C13H23NO3/c15-12-6-4-10(5-7-12)14-11-3-1-2-9(8-11)13(16)17/h9-12,14-15H,1-8H2,(H,16,17). The highest BCUT2D eigenvalue weighted by molar-refractivity contribution is 5.70. The minimum atomic E-state index is -0.643. The minimum absolute atomic E-state index is 0.119. The zero-order valence-electron chi connectivity index (χ0n) is 10.3. The quantitative estimate of drug-likeness (QED) is 0.700. The van der Waals surface area contributed by atoms with Gasteiger partial charge in [0.25, 0.3) is 0 Å². The Morgan fingerprint density at radius 2 is 1.71 bits per heavy atom. The summed E-state index contributed by atoms with van der Waals surface area (Å²) in [4.78, 5) is 11.0. The number of nitrogens with one attached hydrogen (secondary N) is 1. The zero-order chi connectivity index (χ0) is 12.3. The van der Waals surface area contributed by atoms with Crippen LogP contribution in [-0.4, -0.2) is 34.4 Å². The molecule has 2 fully saturated rings. The molecule has 2 unspecified atom stereocenters. The molecule has 0 heterocycles. The topological polar surface area (TPSA) is 69.6 Å². The summed E-state index contributed by atoms with van der Waals surface area (Å²) in [5.74, 6) is -0.800. The Morgan fingerprint density at radius 3 is 2.35 bits per heavy atom. The van der Waals surface area contributed by atoms with Gasteiger partial charge in [0.15, 0.2) is 0 Å². The molecule has 2 aliphatic rings. The van der Waals surface area contributed by atoms with E-state index in [2.05, 4.69) is 5.32 Å². The number of carboxylic acids is 1. The van der Waals surface area contributed by atoms with Crippen molar-refractivity contribution in [2.45, 2.75) is 69.6 Å². The summed E-state index contributed by atoms with van der Waals surface area (Å²) >= 11 is 0. The molecule has 2 rings (SSSR count). The van der Waals surface area contributed by atoms with Crippen LogP contribution in [0.2, 0.25) is 0 Å². The highest BCUT2D eigenvalue weighted by atomic mass is 16.4. The van der Waals surface area contributed by atoms with Crippen molar-refractivity contribution in [3.63, 3.8) is 0 Å². The fourth-order valence-electron chi connectivity index (χ4n) is 3.14. The van der Waals surface area contributed by atoms with Gasteiger partial charge in [0.1, 0.15) is 0 Å². The van der Waals surface area contributed by atoms with Crippen LogP contribution in [0.5, 0.6) is 0 Å². The monoisotopic (exact) mass is 241 g/mol. The van der Waals surface area contributed by atoms with E-state index in [1.807, 2.05) is 0 Å². The van der Waals surface area contributed by atoms with Crippen molar-refractivity contribution < 1.29 is 15.0 Å². The van der Waals surface area contributed by atoms with E-state index in [0.717, 1.165) is 51.4 Å². The highest BCUT2D eigenvalue weighted by Gasteiger charge is 2.29. The summed E-state index contributed by atoms with van der Waals surface area (Å²) in [6.45, 7) is 0. The van der Waals surface area contributed by atoms with Crippen molar-refractivity contribution in [1.82, 2.24) is 5.32 Å². The lowest BCUT2D eigenvalue weighted by Gasteiger charge is -2.34. The maximum atomic E-state index is 11.0. The Bertz CT molecular complexity index is 261. The predicted molar refractivity (Wildman–Crippen MR) is 64.8 cm³/mol. The molecular formula is C13H23NO3. The van der Waals surface area contributed by atoms with E-state index in [1.165, 1.54) is 0 Å². The van der Waals surface area contributed by atoms with Crippen molar-refractivity contribution >= 4 is 5.97 Å². The summed E-state index contributed by atoms with van der Waals surface area (Å²) in [7, 11) is 0. The third-order valence-corrected chi connectivity index (χ3v) is 4.19. The van der Waals surface area contributed by atoms with E-state index < -0.39 is 5.97 Å². The van der Waals surface area contributed by atoms with Crippen LogP contribution in [0.15, 0.2) is 0 Å². The first kappa shape index (κ1) is 12.8. The second-order valence-electron chi connectivity index (χ2n) is 5.57. The first-order chi connectivity index (χ1) is 8.15. The van der Waals surface area contributed by atoms with E-state index in [-0.39, 0.29) is 12.0 Å². The lowest BCUT2D eigenvalue weighted by molar-refractivity contribution is -0.143. The highest BCUT2D eigenvalue weighted by Crippen LogP contribution is 2.26. The molecule has 17 heavy (non-hydrogen) atoms. The summed E-state index contributed by atoms with van der Waals surface area (Å²) in [5, 5.41) is 22.1. The summed E-state index contributed by atoms with van der Waals surface area (Å²) in [6.07, 6.45) is 7.41. The molecule has 0 aliphatic heterocycles. The van der Waals surface area contributed by atoms with Gasteiger partial charge in [0.05, 0.1) is 12.0 Å². The number of aliphatic carboxylic acids is 1. The van der Waals surface area contributed by atoms with Crippen molar-refractivity contribution in [2.75, 3.05) is 0 Å². The summed E-state index contributed by atoms with van der Waals surface area (Å²) in [5.41, 5.74) is 0. The second kappa shape index (κ2) is 5.83. The van der Waals surface area contributed by atoms with Gasteiger partial charge in [-0.3, -0.25) is 4.79 Å². The zero-order valence-corrected chi connectivity index (χ0v) is 10.3. The average Bonchev–Trinajstić information content (AvgIpc) is 2.32. The number of aliphatic hydroxyl groups excluding tert-OH is 1. The van der Waals surface area contributed by atoms with Crippen LogP contribution < -0.4 is 5.32 Å². The smallest absolute Gasteiger partial charge is 0.306 e. The molecule has 4 heteroatoms. The molecule has 0 aromatic rings. The predicted octanol–water partition coefficient (Wildman–Crippen LogP) is 1.52. The number of rotatable bonds is 3. The summed E-state index contributed by atoms with van der Waals surface area (Å²) in [6, 6.07) is 0.848. The normalized spacial score (nSPS) is 38.9. The lowest BCUT2D eigenvalue weighted by atomic mass is 9.84.